The zero-order valence-corrected chi connectivity index (χ0v) is 9.45. The largest absolute Gasteiger partial charge is 0.317 e. The van der Waals surface area contributed by atoms with Gasteiger partial charge in [0.2, 0.25) is 0 Å². The molecule has 0 atom stereocenters. The predicted molar refractivity (Wildman–Crippen MR) is 65.6 cm³/mol. The molecule has 1 aromatic rings. The van der Waals surface area contributed by atoms with Gasteiger partial charge in [-0.2, -0.15) is 0 Å². The molecule has 0 unspecified atom stereocenters. The van der Waals surface area contributed by atoms with Crippen molar-refractivity contribution in [3.05, 3.63) is 41.7 Å². The summed E-state index contributed by atoms with van der Waals surface area (Å²) < 4.78 is 12.7. The summed E-state index contributed by atoms with van der Waals surface area (Å²) in [6.07, 6.45) is 7.98. The minimum absolute atomic E-state index is 0.171. The molecule has 0 saturated carbocycles. The summed E-state index contributed by atoms with van der Waals surface area (Å²) in [5.41, 5.74) is 1.08. The van der Waals surface area contributed by atoms with Gasteiger partial charge >= 0.3 is 0 Å². The van der Waals surface area contributed by atoms with Crippen molar-refractivity contribution in [2.75, 3.05) is 13.1 Å². The van der Waals surface area contributed by atoms with Crippen LogP contribution in [0.3, 0.4) is 0 Å². The number of hydrogen-bond donors (Lipinski definition) is 1. The van der Waals surface area contributed by atoms with Gasteiger partial charge in [0, 0.05) is 0 Å². The van der Waals surface area contributed by atoms with Crippen LogP contribution < -0.4 is 5.32 Å². The molecule has 1 fully saturated rings. The third kappa shape index (κ3) is 3.46. The highest BCUT2D eigenvalue weighted by atomic mass is 19.1. The minimum atomic E-state index is -0.171. The van der Waals surface area contributed by atoms with Crippen LogP contribution in [-0.2, 0) is 0 Å². The Kier molecular flexibility index (Phi) is 4.11. The lowest BCUT2D eigenvalue weighted by atomic mass is 9.94. The van der Waals surface area contributed by atoms with E-state index >= 15 is 0 Å². The number of allylic oxidation sites excluding steroid dienone is 1. The highest BCUT2D eigenvalue weighted by molar-refractivity contribution is 5.48. The third-order valence-corrected chi connectivity index (χ3v) is 3.11. The predicted octanol–water partition coefficient (Wildman–Crippen LogP) is 3.23. The quantitative estimate of drug-likeness (QED) is 0.823. The van der Waals surface area contributed by atoms with Crippen LogP contribution in [0.2, 0.25) is 0 Å². The fraction of sp³-hybridized carbons (Fsp3) is 0.429. The lowest BCUT2D eigenvalue weighted by Gasteiger charge is -2.20. The topological polar surface area (TPSA) is 12.0 Å². The summed E-state index contributed by atoms with van der Waals surface area (Å²) in [5.74, 6) is 0.647. The summed E-state index contributed by atoms with van der Waals surface area (Å²) in [7, 11) is 0. The Hall–Kier alpha value is -1.15. The maximum absolute atomic E-state index is 12.7. The lowest BCUT2D eigenvalue weighted by molar-refractivity contribution is 0.378. The third-order valence-electron chi connectivity index (χ3n) is 3.11. The van der Waals surface area contributed by atoms with Gasteiger partial charge in [-0.3, -0.25) is 0 Å². The SMILES string of the molecule is Fc1ccc(/C=C/CC2CCNCC2)cc1. The van der Waals surface area contributed by atoms with Crippen LogP contribution >= 0.6 is 0 Å². The lowest BCUT2D eigenvalue weighted by Crippen LogP contribution is -2.27. The van der Waals surface area contributed by atoms with Crippen molar-refractivity contribution in [3.8, 4) is 0 Å². The highest BCUT2D eigenvalue weighted by Crippen LogP contribution is 2.17. The zero-order valence-electron chi connectivity index (χ0n) is 9.45. The number of piperidine rings is 1. The van der Waals surface area contributed by atoms with Crippen molar-refractivity contribution in [3.63, 3.8) is 0 Å². The summed E-state index contributed by atoms with van der Waals surface area (Å²) in [6, 6.07) is 6.64. The van der Waals surface area contributed by atoms with Gasteiger partial charge in [0.1, 0.15) is 5.82 Å². The first-order chi connectivity index (χ1) is 7.84. The molecule has 1 heterocycles. The van der Waals surface area contributed by atoms with Crippen LogP contribution in [-0.4, -0.2) is 13.1 Å². The number of halogens is 1. The summed E-state index contributed by atoms with van der Waals surface area (Å²) in [5, 5.41) is 3.36. The normalized spacial score (nSPS) is 18.1. The van der Waals surface area contributed by atoms with Crippen LogP contribution in [0.4, 0.5) is 4.39 Å². The van der Waals surface area contributed by atoms with Gasteiger partial charge in [0.05, 0.1) is 0 Å². The summed E-state index contributed by atoms with van der Waals surface area (Å²) >= 11 is 0. The summed E-state index contributed by atoms with van der Waals surface area (Å²) in [6.45, 7) is 2.30. The molecule has 0 aliphatic carbocycles. The van der Waals surface area contributed by atoms with E-state index in [4.69, 9.17) is 0 Å². The standard InChI is InChI=1S/C14H18FN/c15-14-6-4-12(5-7-14)2-1-3-13-8-10-16-11-9-13/h1-2,4-7,13,16H,3,8-11H2/b2-1+. The Balaban J connectivity index is 1.82. The van der Waals surface area contributed by atoms with Gasteiger partial charge in [0.15, 0.2) is 0 Å². The average Bonchev–Trinajstić information content (AvgIpc) is 2.33. The van der Waals surface area contributed by atoms with E-state index in [2.05, 4.69) is 17.5 Å². The zero-order chi connectivity index (χ0) is 11.2. The average molecular weight is 219 g/mol. The first kappa shape index (κ1) is 11.3. The fourth-order valence-electron chi connectivity index (χ4n) is 2.09. The van der Waals surface area contributed by atoms with Crippen molar-refractivity contribution in [1.29, 1.82) is 0 Å². The molecular weight excluding hydrogens is 201 g/mol. The molecule has 1 aliphatic rings. The Morgan fingerprint density at radius 2 is 1.88 bits per heavy atom. The van der Waals surface area contributed by atoms with Crippen LogP contribution in [0.15, 0.2) is 30.3 Å². The van der Waals surface area contributed by atoms with Crippen molar-refractivity contribution < 1.29 is 4.39 Å². The molecule has 1 aromatic carbocycles. The van der Waals surface area contributed by atoms with Crippen molar-refractivity contribution in [1.82, 2.24) is 5.32 Å². The van der Waals surface area contributed by atoms with Crippen LogP contribution in [0, 0.1) is 11.7 Å². The van der Waals surface area contributed by atoms with E-state index < -0.39 is 0 Å². The second kappa shape index (κ2) is 5.80. The first-order valence-electron chi connectivity index (χ1n) is 5.97. The molecular formula is C14H18FN. The second-order valence-corrected chi connectivity index (χ2v) is 4.38. The van der Waals surface area contributed by atoms with Gasteiger partial charge in [-0.25, -0.2) is 4.39 Å². The Morgan fingerprint density at radius 3 is 2.56 bits per heavy atom. The molecule has 1 N–H and O–H groups in total. The van der Waals surface area contributed by atoms with Crippen LogP contribution in [0.5, 0.6) is 0 Å². The molecule has 1 aliphatic heterocycles. The van der Waals surface area contributed by atoms with E-state index in [0.717, 1.165) is 31.0 Å². The molecule has 0 aromatic heterocycles. The number of benzene rings is 1. The smallest absolute Gasteiger partial charge is 0.123 e. The van der Waals surface area contributed by atoms with Gasteiger partial charge in [-0.1, -0.05) is 24.3 Å². The fourth-order valence-corrected chi connectivity index (χ4v) is 2.09. The molecule has 0 amide bonds. The molecule has 1 saturated heterocycles. The van der Waals surface area contributed by atoms with E-state index in [1.807, 2.05) is 12.1 Å². The molecule has 2 heteroatoms. The highest BCUT2D eigenvalue weighted by Gasteiger charge is 2.10. The van der Waals surface area contributed by atoms with Crippen LogP contribution in [0.1, 0.15) is 24.8 Å². The van der Waals surface area contributed by atoms with Crippen molar-refractivity contribution in [2.24, 2.45) is 5.92 Å². The molecule has 86 valence electrons. The van der Waals surface area contributed by atoms with E-state index in [-0.39, 0.29) is 5.82 Å². The Morgan fingerprint density at radius 1 is 1.19 bits per heavy atom. The monoisotopic (exact) mass is 219 g/mol. The number of hydrogen-bond acceptors (Lipinski definition) is 1. The Bertz CT molecular complexity index is 336. The summed E-state index contributed by atoms with van der Waals surface area (Å²) in [4.78, 5) is 0. The van der Waals surface area contributed by atoms with E-state index in [0.29, 0.717) is 0 Å². The van der Waals surface area contributed by atoms with E-state index in [9.17, 15) is 4.39 Å². The van der Waals surface area contributed by atoms with Gasteiger partial charge in [0.25, 0.3) is 0 Å². The second-order valence-electron chi connectivity index (χ2n) is 4.38. The molecule has 0 spiro atoms. The van der Waals surface area contributed by atoms with Gasteiger partial charge in [-0.05, 0) is 56.0 Å². The van der Waals surface area contributed by atoms with E-state index in [1.165, 1.54) is 25.0 Å². The number of rotatable bonds is 3. The molecule has 1 nitrogen and oxygen atoms in total. The first-order valence-corrected chi connectivity index (χ1v) is 5.97. The minimum Gasteiger partial charge on any atom is -0.317 e. The molecule has 0 bridgehead atoms. The van der Waals surface area contributed by atoms with Crippen LogP contribution in [0.25, 0.3) is 6.08 Å². The molecule has 2 rings (SSSR count). The van der Waals surface area contributed by atoms with Crippen molar-refractivity contribution >= 4 is 6.08 Å². The maximum atomic E-state index is 12.7. The van der Waals surface area contributed by atoms with Gasteiger partial charge < -0.3 is 5.32 Å². The van der Waals surface area contributed by atoms with Gasteiger partial charge in [-0.15, -0.1) is 0 Å². The van der Waals surface area contributed by atoms with E-state index in [1.54, 1.807) is 0 Å². The maximum Gasteiger partial charge on any atom is 0.123 e. The molecule has 16 heavy (non-hydrogen) atoms. The Labute approximate surface area is 96.4 Å². The van der Waals surface area contributed by atoms with Crippen molar-refractivity contribution in [2.45, 2.75) is 19.3 Å². The molecule has 0 radical (unpaired) electrons. The number of nitrogens with one attached hydrogen (secondary N) is 1.